The highest BCUT2D eigenvalue weighted by atomic mass is 16.5. The highest BCUT2D eigenvalue weighted by molar-refractivity contribution is 5.95. The number of aliphatic hydroxyl groups excluding tert-OH is 1. The van der Waals surface area contributed by atoms with Crippen molar-refractivity contribution >= 4 is 17.5 Å². The zero-order chi connectivity index (χ0) is 21.3. The Hall–Kier alpha value is -2.16. The first-order valence-corrected chi connectivity index (χ1v) is 10.6. The van der Waals surface area contributed by atoms with Gasteiger partial charge in [0.2, 0.25) is 11.8 Å². The van der Waals surface area contributed by atoms with E-state index in [9.17, 15) is 14.7 Å². The fourth-order valence-corrected chi connectivity index (χ4v) is 4.64. The Morgan fingerprint density at radius 1 is 1.30 bits per heavy atom. The van der Waals surface area contributed by atoms with E-state index in [1.807, 2.05) is 18.2 Å². The van der Waals surface area contributed by atoms with Gasteiger partial charge in [0, 0.05) is 44.1 Å². The topological polar surface area (TPSA) is 97.3 Å². The molecule has 0 saturated carbocycles. The van der Waals surface area contributed by atoms with Crippen LogP contribution in [0.3, 0.4) is 0 Å². The van der Waals surface area contributed by atoms with Gasteiger partial charge in [0.1, 0.15) is 11.9 Å². The average molecular weight is 418 g/mol. The molecule has 0 spiro atoms. The first-order chi connectivity index (χ1) is 14.5. The molecule has 3 aliphatic heterocycles. The van der Waals surface area contributed by atoms with Crippen LogP contribution in [-0.2, 0) is 19.1 Å². The second kappa shape index (κ2) is 8.91. The lowest BCUT2D eigenvalue weighted by Crippen LogP contribution is -2.48. The number of benzene rings is 1. The lowest BCUT2D eigenvalue weighted by atomic mass is 9.76. The smallest absolute Gasteiger partial charge is 0.230 e. The summed E-state index contributed by atoms with van der Waals surface area (Å²) in [5.74, 6) is -0.200. The number of nitrogens with zero attached hydrogens (tertiary/aromatic N) is 1. The quantitative estimate of drug-likeness (QED) is 0.753. The van der Waals surface area contributed by atoms with Crippen LogP contribution in [0.4, 0.5) is 5.69 Å². The summed E-state index contributed by atoms with van der Waals surface area (Å²) < 4.78 is 17.8. The fourth-order valence-electron chi connectivity index (χ4n) is 4.64. The molecule has 1 aromatic rings. The largest absolute Gasteiger partial charge is 0.490 e. The van der Waals surface area contributed by atoms with E-state index in [1.54, 1.807) is 14.1 Å². The molecular formula is C22H30N2O6. The Kier molecular flexibility index (Phi) is 6.26. The first-order valence-electron chi connectivity index (χ1n) is 10.6. The summed E-state index contributed by atoms with van der Waals surface area (Å²) >= 11 is 0. The van der Waals surface area contributed by atoms with Crippen LogP contribution in [0.15, 0.2) is 18.2 Å². The maximum absolute atomic E-state index is 13.0. The lowest BCUT2D eigenvalue weighted by molar-refractivity contribution is -0.150. The highest BCUT2D eigenvalue weighted by Gasteiger charge is 2.46. The molecule has 2 amide bonds. The van der Waals surface area contributed by atoms with E-state index in [0.717, 1.165) is 24.2 Å². The van der Waals surface area contributed by atoms with E-state index in [4.69, 9.17) is 14.2 Å². The number of amides is 2. The summed E-state index contributed by atoms with van der Waals surface area (Å²) in [6.07, 6.45) is 1.42. The van der Waals surface area contributed by atoms with Gasteiger partial charge in [-0.3, -0.25) is 9.59 Å². The number of hydrogen-bond acceptors (Lipinski definition) is 6. The second-order valence-corrected chi connectivity index (χ2v) is 8.51. The molecule has 164 valence electrons. The summed E-state index contributed by atoms with van der Waals surface area (Å²) in [4.78, 5) is 26.8. The Bertz CT molecular complexity index is 792. The van der Waals surface area contributed by atoms with E-state index < -0.39 is 12.0 Å². The van der Waals surface area contributed by atoms with Crippen molar-refractivity contribution in [2.45, 2.75) is 49.9 Å². The predicted molar refractivity (Wildman–Crippen MR) is 109 cm³/mol. The van der Waals surface area contributed by atoms with Crippen molar-refractivity contribution in [2.75, 3.05) is 39.2 Å². The van der Waals surface area contributed by atoms with Crippen LogP contribution in [0.1, 0.15) is 37.2 Å². The number of hydrogen-bond donors (Lipinski definition) is 2. The van der Waals surface area contributed by atoms with Crippen molar-refractivity contribution in [1.82, 2.24) is 4.90 Å². The minimum atomic E-state index is -0.672. The van der Waals surface area contributed by atoms with Crippen molar-refractivity contribution in [3.8, 4) is 5.75 Å². The number of ether oxygens (including phenoxy) is 3. The molecule has 2 saturated heterocycles. The molecule has 0 radical (unpaired) electrons. The van der Waals surface area contributed by atoms with Gasteiger partial charge in [-0.25, -0.2) is 0 Å². The third kappa shape index (κ3) is 4.31. The summed E-state index contributed by atoms with van der Waals surface area (Å²) in [7, 11) is 3.42. The van der Waals surface area contributed by atoms with Gasteiger partial charge in [0.25, 0.3) is 0 Å². The Balaban J connectivity index is 1.64. The number of anilines is 1. The van der Waals surface area contributed by atoms with Gasteiger partial charge >= 0.3 is 0 Å². The first kappa shape index (κ1) is 21.1. The molecule has 8 nitrogen and oxygen atoms in total. The van der Waals surface area contributed by atoms with E-state index in [2.05, 4.69) is 5.32 Å². The third-order valence-corrected chi connectivity index (χ3v) is 6.24. The highest BCUT2D eigenvalue weighted by Crippen LogP contribution is 2.46. The van der Waals surface area contributed by atoms with E-state index in [-0.39, 0.29) is 43.0 Å². The molecular weight excluding hydrogens is 388 g/mol. The molecule has 0 aliphatic carbocycles. The minimum absolute atomic E-state index is 0.0411. The monoisotopic (exact) mass is 418 g/mol. The molecule has 3 aliphatic rings. The van der Waals surface area contributed by atoms with E-state index in [1.165, 1.54) is 4.90 Å². The zero-order valence-corrected chi connectivity index (χ0v) is 17.5. The SMILES string of the molecule is CN(C)C(=O)C[C@H]1C[C@H]2c3cc(ccc3OC3CCOCC3)NC(=O)[C@H]2[C@@H](CO)O1. The fraction of sp³-hybridized carbons (Fsp3) is 0.636. The van der Waals surface area contributed by atoms with Crippen LogP contribution in [0.25, 0.3) is 0 Å². The molecule has 4 atom stereocenters. The van der Waals surface area contributed by atoms with Gasteiger partial charge in [-0.15, -0.1) is 0 Å². The van der Waals surface area contributed by atoms with Gasteiger partial charge in [0.15, 0.2) is 0 Å². The number of nitrogens with one attached hydrogen (secondary N) is 1. The van der Waals surface area contributed by atoms with E-state index >= 15 is 0 Å². The molecule has 1 aromatic carbocycles. The Morgan fingerprint density at radius 3 is 2.77 bits per heavy atom. The number of carbonyl (C=O) groups is 2. The second-order valence-electron chi connectivity index (χ2n) is 8.51. The molecule has 2 fully saturated rings. The van der Waals surface area contributed by atoms with Crippen molar-refractivity contribution in [1.29, 1.82) is 0 Å². The van der Waals surface area contributed by atoms with Gasteiger partial charge in [0.05, 0.1) is 44.4 Å². The third-order valence-electron chi connectivity index (χ3n) is 6.24. The maximum atomic E-state index is 13.0. The molecule has 0 unspecified atom stereocenters. The molecule has 8 heteroatoms. The number of aliphatic hydroxyl groups is 1. The van der Waals surface area contributed by atoms with Crippen LogP contribution < -0.4 is 10.1 Å². The summed E-state index contributed by atoms with van der Waals surface area (Å²) in [6, 6.07) is 5.71. The lowest BCUT2D eigenvalue weighted by Gasteiger charge is -2.40. The normalized spacial score (nSPS) is 28.8. The molecule has 2 N–H and O–H groups in total. The van der Waals surface area contributed by atoms with Gasteiger partial charge in [-0.05, 0) is 24.6 Å². The summed E-state index contributed by atoms with van der Waals surface area (Å²) in [6.45, 7) is 1.08. The summed E-state index contributed by atoms with van der Waals surface area (Å²) in [5, 5.41) is 12.9. The van der Waals surface area contributed by atoms with Gasteiger partial charge in [-0.2, -0.15) is 0 Å². The van der Waals surface area contributed by atoms with Gasteiger partial charge < -0.3 is 29.5 Å². The van der Waals surface area contributed by atoms with Crippen LogP contribution >= 0.6 is 0 Å². The number of fused-ring (bicyclic) bond motifs is 4. The van der Waals surface area contributed by atoms with Crippen LogP contribution in [0, 0.1) is 5.92 Å². The molecule has 2 bridgehead atoms. The molecule has 30 heavy (non-hydrogen) atoms. The number of rotatable bonds is 5. The maximum Gasteiger partial charge on any atom is 0.230 e. The summed E-state index contributed by atoms with van der Waals surface area (Å²) in [5.41, 5.74) is 1.65. The van der Waals surface area contributed by atoms with Crippen molar-refractivity contribution < 1.29 is 28.9 Å². The van der Waals surface area contributed by atoms with Crippen LogP contribution in [-0.4, -0.2) is 74.0 Å². The Labute approximate surface area is 176 Å². The van der Waals surface area contributed by atoms with Crippen molar-refractivity contribution in [3.63, 3.8) is 0 Å². The van der Waals surface area contributed by atoms with Crippen molar-refractivity contribution in [3.05, 3.63) is 23.8 Å². The minimum Gasteiger partial charge on any atom is -0.490 e. The van der Waals surface area contributed by atoms with E-state index in [0.29, 0.717) is 25.3 Å². The predicted octanol–water partition coefficient (Wildman–Crippen LogP) is 1.52. The zero-order valence-electron chi connectivity index (χ0n) is 17.5. The van der Waals surface area contributed by atoms with Crippen LogP contribution in [0.5, 0.6) is 5.75 Å². The average Bonchev–Trinajstić information content (AvgIpc) is 2.85. The van der Waals surface area contributed by atoms with Gasteiger partial charge in [-0.1, -0.05) is 0 Å². The standard InChI is InChI=1S/C22H30N2O6/c1-24(2)20(26)11-15-10-17-16-9-13(23-22(27)21(17)19(12-25)30-15)3-4-18(16)29-14-5-7-28-8-6-14/h3-4,9,14-15,17,19,21,25H,5-8,10-12H2,1-2H3,(H,23,27)/t15-,17+,19-,21-/m1/s1. The van der Waals surface area contributed by atoms with Crippen molar-refractivity contribution in [2.24, 2.45) is 5.92 Å². The molecule has 3 heterocycles. The Morgan fingerprint density at radius 2 is 2.07 bits per heavy atom. The molecule has 4 rings (SSSR count). The molecule has 0 aromatic heterocycles. The van der Waals surface area contributed by atoms with Crippen LogP contribution in [0.2, 0.25) is 0 Å². The number of carbonyl (C=O) groups excluding carboxylic acids is 2.